The summed E-state index contributed by atoms with van der Waals surface area (Å²) in [5.41, 5.74) is 1.05. The number of para-hydroxylation sites is 1. The van der Waals surface area contributed by atoms with Crippen LogP contribution in [0.2, 0.25) is 0 Å². The van der Waals surface area contributed by atoms with Crippen molar-refractivity contribution < 1.29 is 13.2 Å². The summed E-state index contributed by atoms with van der Waals surface area (Å²) in [7, 11) is -4.04. The van der Waals surface area contributed by atoms with Gasteiger partial charge in [0.05, 0.1) is 5.69 Å². The summed E-state index contributed by atoms with van der Waals surface area (Å²) in [4.78, 5) is 15.4. The van der Waals surface area contributed by atoms with Crippen LogP contribution >= 0.6 is 0 Å². The van der Waals surface area contributed by atoms with E-state index < -0.39 is 16.1 Å². The molecule has 0 unspecified atom stereocenters. The third-order valence-corrected chi connectivity index (χ3v) is 4.13. The zero-order valence-electron chi connectivity index (χ0n) is 12.8. The fourth-order valence-electron chi connectivity index (χ4n) is 1.84. The van der Waals surface area contributed by atoms with Gasteiger partial charge in [0.15, 0.2) is 0 Å². The SMILES string of the molecule is CC(C)NC(=O)NS(=O)(=O)c1cnccc1Nc1ccccc1. The van der Waals surface area contributed by atoms with Gasteiger partial charge in [0.25, 0.3) is 10.0 Å². The molecule has 0 radical (unpaired) electrons. The van der Waals surface area contributed by atoms with Crippen molar-refractivity contribution in [3.8, 4) is 0 Å². The van der Waals surface area contributed by atoms with Crippen LogP contribution in [0, 0.1) is 0 Å². The smallest absolute Gasteiger partial charge is 0.328 e. The number of nitrogens with zero attached hydrogens (tertiary/aromatic N) is 1. The molecule has 1 aromatic heterocycles. The lowest BCUT2D eigenvalue weighted by Gasteiger charge is -2.14. The number of hydrogen-bond acceptors (Lipinski definition) is 5. The standard InChI is InChI=1S/C15H18N4O3S/c1-11(2)17-15(20)19-23(21,22)14-10-16-9-8-13(14)18-12-6-4-3-5-7-12/h3-11H,1-2H3,(H,16,18)(H2,17,19,20). The highest BCUT2D eigenvalue weighted by molar-refractivity contribution is 7.90. The Kier molecular flexibility index (Phi) is 5.17. The lowest BCUT2D eigenvalue weighted by molar-refractivity contribution is 0.243. The maximum absolute atomic E-state index is 12.4. The van der Waals surface area contributed by atoms with Crippen molar-refractivity contribution in [3.05, 3.63) is 48.8 Å². The molecule has 0 aliphatic heterocycles. The number of pyridine rings is 1. The van der Waals surface area contributed by atoms with Crippen molar-refractivity contribution >= 4 is 27.4 Å². The zero-order valence-corrected chi connectivity index (χ0v) is 13.6. The Morgan fingerprint density at radius 1 is 1.13 bits per heavy atom. The number of aromatic nitrogens is 1. The molecule has 0 atom stereocenters. The number of sulfonamides is 1. The normalized spacial score (nSPS) is 11.1. The number of hydrogen-bond donors (Lipinski definition) is 3. The molecule has 0 aliphatic rings. The molecule has 1 heterocycles. The summed E-state index contributed by atoms with van der Waals surface area (Å²) in [6, 6.07) is 9.68. The first-order valence-corrected chi connectivity index (χ1v) is 8.46. The average Bonchev–Trinajstić information content (AvgIpc) is 2.47. The van der Waals surface area contributed by atoms with Crippen LogP contribution < -0.4 is 15.4 Å². The van der Waals surface area contributed by atoms with Crippen LogP contribution in [0.15, 0.2) is 53.7 Å². The van der Waals surface area contributed by atoms with Gasteiger partial charge < -0.3 is 10.6 Å². The van der Waals surface area contributed by atoms with Crippen LogP contribution in [0.3, 0.4) is 0 Å². The van der Waals surface area contributed by atoms with Crippen LogP contribution in [0.1, 0.15) is 13.8 Å². The quantitative estimate of drug-likeness (QED) is 0.778. The molecule has 7 nitrogen and oxygen atoms in total. The van der Waals surface area contributed by atoms with Crippen molar-refractivity contribution in [3.63, 3.8) is 0 Å². The maximum Gasteiger partial charge on any atom is 0.328 e. The molecule has 0 saturated carbocycles. The van der Waals surface area contributed by atoms with Gasteiger partial charge in [0.1, 0.15) is 4.90 Å². The van der Waals surface area contributed by atoms with E-state index in [2.05, 4.69) is 15.6 Å². The second-order valence-electron chi connectivity index (χ2n) is 5.10. The zero-order chi connectivity index (χ0) is 16.9. The first-order valence-electron chi connectivity index (χ1n) is 6.98. The summed E-state index contributed by atoms with van der Waals surface area (Å²) >= 11 is 0. The highest BCUT2D eigenvalue weighted by Crippen LogP contribution is 2.23. The van der Waals surface area contributed by atoms with Crippen LogP contribution in [-0.2, 0) is 10.0 Å². The number of urea groups is 1. The molecule has 3 N–H and O–H groups in total. The van der Waals surface area contributed by atoms with E-state index in [1.54, 1.807) is 26.0 Å². The van der Waals surface area contributed by atoms with Crippen LogP contribution in [0.4, 0.5) is 16.2 Å². The van der Waals surface area contributed by atoms with Gasteiger partial charge in [-0.1, -0.05) is 18.2 Å². The van der Waals surface area contributed by atoms with E-state index in [0.717, 1.165) is 5.69 Å². The molecule has 0 fully saturated rings. The molecule has 2 amide bonds. The van der Waals surface area contributed by atoms with Crippen molar-refractivity contribution in [1.82, 2.24) is 15.0 Å². The van der Waals surface area contributed by atoms with Gasteiger partial charge in [0.2, 0.25) is 0 Å². The topological polar surface area (TPSA) is 100 Å². The predicted molar refractivity (Wildman–Crippen MR) is 88.0 cm³/mol. The Hall–Kier alpha value is -2.61. The molecule has 8 heteroatoms. The third kappa shape index (κ3) is 4.68. The maximum atomic E-state index is 12.4. The van der Waals surface area contributed by atoms with Gasteiger partial charge in [-0.05, 0) is 32.0 Å². The molecule has 0 bridgehead atoms. The summed E-state index contributed by atoms with van der Waals surface area (Å²) in [5, 5.41) is 5.47. The molecule has 0 aliphatic carbocycles. The minimum Gasteiger partial charge on any atom is -0.354 e. The van der Waals surface area contributed by atoms with Gasteiger partial charge in [-0.3, -0.25) is 4.98 Å². The molecule has 0 spiro atoms. The molecular formula is C15H18N4O3S. The number of amides is 2. The molecule has 2 rings (SSSR count). The third-order valence-electron chi connectivity index (χ3n) is 2.77. The van der Waals surface area contributed by atoms with Crippen LogP contribution in [0.25, 0.3) is 0 Å². The number of anilines is 2. The highest BCUT2D eigenvalue weighted by atomic mass is 32.2. The lowest BCUT2D eigenvalue weighted by atomic mass is 10.3. The summed E-state index contributed by atoms with van der Waals surface area (Å²) < 4.78 is 26.7. The average molecular weight is 334 g/mol. The Morgan fingerprint density at radius 2 is 1.83 bits per heavy atom. The predicted octanol–water partition coefficient (Wildman–Crippen LogP) is 2.22. The minimum atomic E-state index is -4.04. The molecule has 0 saturated heterocycles. The molecule has 122 valence electrons. The molecule has 2 aromatic rings. The van der Waals surface area contributed by atoms with Crippen molar-refractivity contribution in [2.75, 3.05) is 5.32 Å². The Bertz CT molecular complexity index is 776. The van der Waals surface area contributed by atoms with Gasteiger partial charge in [0, 0.05) is 24.1 Å². The van der Waals surface area contributed by atoms with E-state index >= 15 is 0 Å². The van der Waals surface area contributed by atoms with E-state index in [1.807, 2.05) is 22.9 Å². The highest BCUT2D eigenvalue weighted by Gasteiger charge is 2.22. The van der Waals surface area contributed by atoms with Gasteiger partial charge in [-0.2, -0.15) is 0 Å². The number of rotatable bonds is 5. The Balaban J connectivity index is 2.27. The van der Waals surface area contributed by atoms with E-state index in [9.17, 15) is 13.2 Å². The van der Waals surface area contributed by atoms with Crippen molar-refractivity contribution in [2.45, 2.75) is 24.8 Å². The second kappa shape index (κ2) is 7.10. The van der Waals surface area contributed by atoms with Crippen LogP contribution in [-0.4, -0.2) is 25.5 Å². The minimum absolute atomic E-state index is 0.109. The molecule has 23 heavy (non-hydrogen) atoms. The monoisotopic (exact) mass is 334 g/mol. The number of carbonyl (C=O) groups excluding carboxylic acids is 1. The summed E-state index contributed by atoms with van der Waals surface area (Å²) in [5.74, 6) is 0. The van der Waals surface area contributed by atoms with E-state index in [1.165, 1.54) is 18.5 Å². The van der Waals surface area contributed by atoms with E-state index in [4.69, 9.17) is 0 Å². The number of benzene rings is 1. The molecular weight excluding hydrogens is 316 g/mol. The lowest BCUT2D eigenvalue weighted by Crippen LogP contribution is -2.42. The van der Waals surface area contributed by atoms with Crippen molar-refractivity contribution in [2.24, 2.45) is 0 Å². The second-order valence-corrected chi connectivity index (χ2v) is 6.75. The summed E-state index contributed by atoms with van der Waals surface area (Å²) in [6.45, 7) is 3.47. The summed E-state index contributed by atoms with van der Waals surface area (Å²) in [6.07, 6.45) is 2.66. The van der Waals surface area contributed by atoms with Crippen molar-refractivity contribution in [1.29, 1.82) is 0 Å². The van der Waals surface area contributed by atoms with Gasteiger partial charge in [-0.25, -0.2) is 17.9 Å². The van der Waals surface area contributed by atoms with Gasteiger partial charge in [-0.15, -0.1) is 0 Å². The number of nitrogens with one attached hydrogen (secondary N) is 3. The fraction of sp³-hybridized carbons (Fsp3) is 0.200. The van der Waals surface area contributed by atoms with Crippen LogP contribution in [0.5, 0.6) is 0 Å². The largest absolute Gasteiger partial charge is 0.354 e. The first-order chi connectivity index (χ1) is 10.9. The van der Waals surface area contributed by atoms with Gasteiger partial charge >= 0.3 is 6.03 Å². The Labute approximate surface area is 135 Å². The first kappa shape index (κ1) is 16.8. The van der Waals surface area contributed by atoms with E-state index in [-0.39, 0.29) is 10.9 Å². The number of carbonyl (C=O) groups is 1. The van der Waals surface area contributed by atoms with E-state index in [0.29, 0.717) is 5.69 Å². The fourth-order valence-corrected chi connectivity index (χ4v) is 2.86. The molecule has 1 aromatic carbocycles. The Morgan fingerprint density at radius 3 is 2.48 bits per heavy atom.